The molecule has 0 aliphatic heterocycles. The molecule has 654 valence electrons. The highest BCUT2D eigenvalue weighted by atomic mass is 16.3. The highest BCUT2D eigenvalue weighted by Gasteiger charge is 2.28. The molecule has 27 aromatic carbocycles. The van der Waals surface area contributed by atoms with Crippen molar-refractivity contribution in [1.29, 1.82) is 0 Å². The largest absolute Gasteiger partial charge is 0.456 e. The maximum atomic E-state index is 10.0. The topological polar surface area (TPSA) is 39.4 Å². The molecule has 3 heterocycles. The SMILES string of the molecule is [2H]c1c([2H])c(-c2c3c([2H])c([2H])c([2H])c([2H])c3c(-c3c([2H])c([2H])c4c([2H])c([2H])c([2H])c([2H])c4c3[2H])c3c([2H])c([2H])c([2H])c([2H])c23)c([2H])c(-c2c([2H])c([2H])c([2H])c3oc4c([2H])c([2H])c5c([2H])c([2H])c([2H])c([2H])c5c4c23)c1[2H].[2H]c1c([2H])c([2H])c2c(-c3cccc4ccccc34)c3c([2H])c([2H])c([2H])c([2H])c3c(-c3ccccc3-c3cccc4oc5ccc6ccccc6c5c34)c2c1[2H].[2H]c1c([2H])c([2H])c2c(-c3ccccc3-c3cccc4oc5ccc6ccccc6c5c34)c3c([2H])c([2H])c([2H])c([2H])c3c(-c3ccc4ccccc4c3)c2c1[2H]. The Kier molecular flexibility index (Phi) is 11.4. The van der Waals surface area contributed by atoms with Gasteiger partial charge in [0, 0.05) is 32.3 Å². The summed E-state index contributed by atoms with van der Waals surface area (Å²) in [7, 11) is 0. The van der Waals surface area contributed by atoms with E-state index in [1.807, 2.05) is 218 Å². The Bertz CT molecular complexity index is 13100. The summed E-state index contributed by atoms with van der Waals surface area (Å²) in [6.45, 7) is 0. The lowest BCUT2D eigenvalue weighted by Gasteiger charge is -2.20. The van der Waals surface area contributed by atoms with E-state index in [-0.39, 0.29) is 91.4 Å². The van der Waals surface area contributed by atoms with Crippen molar-refractivity contribution >= 4 is 195 Å². The normalized spacial score (nSPS) is 16.2. The molecule has 0 amide bonds. The summed E-state index contributed by atoms with van der Waals surface area (Å²) in [5.41, 5.74) is 3.32. The molecule has 0 aliphatic carbocycles. The van der Waals surface area contributed by atoms with Crippen molar-refractivity contribution in [2.45, 2.75) is 0 Å². The second-order valence-electron chi connectivity index (χ2n) is 33.8. The van der Waals surface area contributed by atoms with Crippen LogP contribution in [0.1, 0.15) is 60.3 Å². The standard InChI is InChI=1S/3C46H28O/c1-3-16-31-29(13-1)15-11-24-34(31)43-37-20-7-9-22-39(37)44(40-23-10-8-21-38(40)43)35-19-6-5-18-33(35)36-25-12-26-41-46(36)45-32-17-4-2-14-30(32)27-28-42(45)47-41;1-2-13-31-27-34(24-23-29(31)11-1)44-39-19-7-5-17-37(39)43(38-18-6-8-20-40(38)44)33-15-9-14-32(28-33)36-21-10-22-41-46(36)45-35-16-4-3-12-30(35)25-26-42(45)47-41;1-2-14-31-28-32(25-24-29(31)12-1)43-37-18-7-9-20-39(37)44(40-21-10-8-19-38(40)43)35-17-6-5-16-34(35)36-22-11-23-41-46(36)45-33-15-4-3-13-30(33)26-27-42(45)47-41/h3*1-28H/i7D,8D,9D,10D,20D,21D,22D,23D;1D,2D,3D,4D,5D,6D,7D,8D,9D,10D,11D,12D,13D,14D,15D,16D,17D,18D,19D,20D,21D,22D,23D,24D,25D,26D,27D,28D;7D,8D,9D,10D,18D,19D,20D,21D. The van der Waals surface area contributed by atoms with Crippen molar-refractivity contribution in [1.82, 2.24) is 0 Å². The third kappa shape index (κ3) is 13.2. The van der Waals surface area contributed by atoms with Gasteiger partial charge < -0.3 is 13.3 Å². The first-order chi connectivity index (χ1) is 88.3. The Morgan fingerprint density at radius 2 is 0.468 bits per heavy atom. The second kappa shape index (κ2) is 33.2. The first-order valence-electron chi connectivity index (χ1n) is 67.0. The Morgan fingerprint density at radius 3 is 1.00 bits per heavy atom. The Balaban J connectivity index is 0.000000128. The zero-order valence-corrected chi connectivity index (χ0v) is 73.3. The first-order valence-corrected chi connectivity index (χ1v) is 45.0. The summed E-state index contributed by atoms with van der Waals surface area (Å²) in [5.74, 6) is 0. The van der Waals surface area contributed by atoms with Crippen LogP contribution in [0.4, 0.5) is 0 Å². The van der Waals surface area contributed by atoms with E-state index in [1.54, 1.807) is 0 Å². The maximum absolute atomic E-state index is 10.0. The Hall–Kier alpha value is -18.5. The molecule has 0 spiro atoms. The van der Waals surface area contributed by atoms with E-state index in [2.05, 4.69) is 24.3 Å². The van der Waals surface area contributed by atoms with Crippen molar-refractivity contribution in [3.8, 4) is 100 Å². The van der Waals surface area contributed by atoms with Crippen LogP contribution >= 0.6 is 0 Å². The summed E-state index contributed by atoms with van der Waals surface area (Å²) in [5, 5.41) is 6.39. The number of rotatable bonds is 9. The molecule has 0 aliphatic rings. The fourth-order valence-electron chi connectivity index (χ4n) is 20.5. The minimum atomic E-state index is -1.10. The molecule has 0 radical (unpaired) electrons. The molecule has 3 nitrogen and oxygen atoms in total. The number of furan rings is 3. The fraction of sp³-hybridized carbons (Fsp3) is 0. The average molecular weight is 1830 g/mol. The van der Waals surface area contributed by atoms with E-state index < -0.39 is 316 Å². The molecule has 3 heteroatoms. The number of benzene rings is 27. The number of hydrogen-bond acceptors (Lipinski definition) is 3. The van der Waals surface area contributed by atoms with Gasteiger partial charge in [0.05, 0.1) is 60.3 Å². The van der Waals surface area contributed by atoms with Gasteiger partial charge in [-0.2, -0.15) is 0 Å². The molecule has 0 saturated carbocycles. The predicted octanol–water partition coefficient (Wildman–Crippen LogP) is 39.6. The van der Waals surface area contributed by atoms with Gasteiger partial charge in [-0.25, -0.2) is 0 Å². The van der Waals surface area contributed by atoms with Gasteiger partial charge in [-0.3, -0.25) is 0 Å². The third-order valence-electron chi connectivity index (χ3n) is 26.4. The van der Waals surface area contributed by atoms with E-state index >= 15 is 0 Å². The summed E-state index contributed by atoms with van der Waals surface area (Å²) in [6.07, 6.45) is 0. The lowest BCUT2D eigenvalue weighted by Crippen LogP contribution is -1.93. The molecule has 0 fully saturated rings. The van der Waals surface area contributed by atoms with Crippen molar-refractivity contribution in [3.05, 3.63) is 509 Å². The molecule has 0 saturated heterocycles. The maximum Gasteiger partial charge on any atom is 0.136 e. The van der Waals surface area contributed by atoms with Gasteiger partial charge in [-0.1, -0.05) is 454 Å². The van der Waals surface area contributed by atoms with Crippen LogP contribution < -0.4 is 0 Å². The monoisotopic (exact) mass is 1830 g/mol. The lowest BCUT2D eigenvalue weighted by molar-refractivity contribution is 0.669. The molecule has 3 aromatic heterocycles. The molecule has 0 atom stereocenters. The molecule has 30 aromatic rings. The van der Waals surface area contributed by atoms with Crippen molar-refractivity contribution < 1.29 is 73.6 Å². The van der Waals surface area contributed by atoms with E-state index in [0.717, 1.165) is 86.9 Å². The van der Waals surface area contributed by atoms with Crippen LogP contribution in [0.3, 0.4) is 0 Å². The van der Waals surface area contributed by atoms with Crippen LogP contribution in [0, 0.1) is 0 Å². The predicted molar refractivity (Wildman–Crippen MR) is 600 cm³/mol. The first kappa shape index (κ1) is 48.3. The van der Waals surface area contributed by atoms with Gasteiger partial charge in [0.2, 0.25) is 0 Å². The van der Waals surface area contributed by atoms with Crippen LogP contribution in [0.5, 0.6) is 0 Å². The van der Waals surface area contributed by atoms with Crippen LogP contribution in [0.25, 0.3) is 295 Å². The fourth-order valence-corrected chi connectivity index (χ4v) is 20.5. The van der Waals surface area contributed by atoms with Crippen LogP contribution in [0.2, 0.25) is 0 Å². The van der Waals surface area contributed by atoms with Crippen molar-refractivity contribution in [2.24, 2.45) is 0 Å². The third-order valence-corrected chi connectivity index (χ3v) is 26.4. The van der Waals surface area contributed by atoms with Crippen LogP contribution in [0.15, 0.2) is 522 Å². The van der Waals surface area contributed by atoms with Crippen LogP contribution in [-0.2, 0) is 0 Å². The van der Waals surface area contributed by atoms with Gasteiger partial charge in [0.1, 0.15) is 33.5 Å². The van der Waals surface area contributed by atoms with Gasteiger partial charge in [-0.05, 0) is 284 Å². The highest BCUT2D eigenvalue weighted by Crippen LogP contribution is 2.54. The van der Waals surface area contributed by atoms with Gasteiger partial charge in [0.15, 0.2) is 0 Å². The minimum absolute atomic E-state index is 0.175. The summed E-state index contributed by atoms with van der Waals surface area (Å²) in [4.78, 5) is 0. The summed E-state index contributed by atoms with van der Waals surface area (Å²) < 4.78 is 418. The quantitative estimate of drug-likeness (QED) is 0.135. The molecule has 0 unspecified atom stereocenters. The molecule has 30 rings (SSSR count). The number of fused-ring (bicyclic) bond motifs is 24. The van der Waals surface area contributed by atoms with E-state index in [1.165, 1.54) is 0 Å². The van der Waals surface area contributed by atoms with E-state index in [4.69, 9.17) is 47.5 Å². The van der Waals surface area contributed by atoms with E-state index in [9.17, 15) is 26.0 Å². The number of hydrogen-bond donors (Lipinski definition) is 0. The highest BCUT2D eigenvalue weighted by molar-refractivity contribution is 6.31. The average Bonchev–Trinajstić information content (AvgIpc) is 1.64. The van der Waals surface area contributed by atoms with Gasteiger partial charge in [0.25, 0.3) is 0 Å². The molecular weight excluding hydrogens is 1710 g/mol. The summed E-state index contributed by atoms with van der Waals surface area (Å²) in [6, 6.07) is 45.8. The van der Waals surface area contributed by atoms with Crippen LogP contribution in [-0.4, -0.2) is 0 Å². The van der Waals surface area contributed by atoms with Gasteiger partial charge >= 0.3 is 0 Å². The zero-order valence-electron chi connectivity index (χ0n) is 117. The lowest BCUT2D eigenvalue weighted by atomic mass is 9.82. The second-order valence-corrected chi connectivity index (χ2v) is 33.8. The van der Waals surface area contributed by atoms with Crippen molar-refractivity contribution in [2.75, 3.05) is 0 Å². The van der Waals surface area contributed by atoms with Gasteiger partial charge in [-0.15, -0.1) is 0 Å². The molecule has 0 bridgehead atoms. The van der Waals surface area contributed by atoms with Crippen molar-refractivity contribution in [3.63, 3.8) is 0 Å². The molecule has 141 heavy (non-hydrogen) atoms. The Labute approximate surface area is 874 Å². The molecular formula is C138H84O3. The van der Waals surface area contributed by atoms with E-state index in [0.29, 0.717) is 66.8 Å². The minimum Gasteiger partial charge on any atom is -0.456 e. The summed E-state index contributed by atoms with van der Waals surface area (Å²) >= 11 is 0. The smallest absolute Gasteiger partial charge is 0.136 e. The molecule has 0 N–H and O–H groups in total. The zero-order chi connectivity index (χ0) is 131. The Morgan fingerprint density at radius 1 is 0.135 bits per heavy atom.